The van der Waals surface area contributed by atoms with Crippen LogP contribution in [0.2, 0.25) is 0 Å². The van der Waals surface area contributed by atoms with Crippen LogP contribution in [0, 0.1) is 0 Å². The van der Waals surface area contributed by atoms with Crippen LogP contribution in [0.4, 0.5) is 0 Å². The Morgan fingerprint density at radius 3 is 2.89 bits per heavy atom. The van der Waals surface area contributed by atoms with E-state index in [0.717, 1.165) is 19.4 Å². The molecule has 0 aromatic rings. The third-order valence-electron chi connectivity index (χ3n) is 2.59. The van der Waals surface area contributed by atoms with E-state index in [9.17, 15) is 4.79 Å². The smallest absolute Gasteiger partial charge is 0.335 e. The first-order valence-corrected chi connectivity index (χ1v) is 6.47. The second-order valence-electron chi connectivity index (χ2n) is 4.25. The number of esters is 1. The van der Waals surface area contributed by atoms with Crippen LogP contribution < -0.4 is 0 Å². The zero-order chi connectivity index (χ0) is 13.9. The molecule has 5 nitrogen and oxygen atoms in total. The van der Waals surface area contributed by atoms with Gasteiger partial charge in [-0.2, -0.15) is 0 Å². The zero-order valence-electron chi connectivity index (χ0n) is 11.3. The number of hydrogen-bond acceptors (Lipinski definition) is 5. The van der Waals surface area contributed by atoms with Crippen LogP contribution in [0.25, 0.3) is 0 Å². The molecule has 1 heterocycles. The summed E-state index contributed by atoms with van der Waals surface area (Å²) < 4.78 is 20.9. The first kappa shape index (κ1) is 15.9. The third kappa shape index (κ3) is 7.10. The van der Waals surface area contributed by atoms with E-state index in [1.807, 2.05) is 0 Å². The maximum atomic E-state index is 11.4. The monoisotopic (exact) mass is 270 g/mol. The van der Waals surface area contributed by atoms with E-state index in [1.165, 1.54) is 0 Å². The van der Waals surface area contributed by atoms with Gasteiger partial charge in [-0.1, -0.05) is 12.7 Å². The van der Waals surface area contributed by atoms with E-state index in [0.29, 0.717) is 25.4 Å². The number of carbonyl (C=O) groups excluding carboxylic acids is 1. The lowest BCUT2D eigenvalue weighted by Gasteiger charge is -2.10. The summed E-state index contributed by atoms with van der Waals surface area (Å²) in [5.74, 6) is -0.454. The highest BCUT2D eigenvalue weighted by atomic mass is 16.6. The van der Waals surface area contributed by atoms with Gasteiger partial charge >= 0.3 is 5.97 Å². The fourth-order valence-electron chi connectivity index (χ4n) is 1.61. The van der Waals surface area contributed by atoms with Crippen LogP contribution in [0.1, 0.15) is 12.8 Å². The lowest BCUT2D eigenvalue weighted by Crippen LogP contribution is -2.18. The van der Waals surface area contributed by atoms with Crippen molar-refractivity contribution < 1.29 is 23.7 Å². The van der Waals surface area contributed by atoms with Crippen LogP contribution in [0.15, 0.2) is 24.8 Å². The predicted octanol–water partition coefficient (Wildman–Crippen LogP) is 1.48. The van der Waals surface area contributed by atoms with E-state index in [1.54, 1.807) is 6.08 Å². The predicted molar refractivity (Wildman–Crippen MR) is 70.9 cm³/mol. The lowest BCUT2D eigenvalue weighted by atomic mass is 10.2. The van der Waals surface area contributed by atoms with Crippen molar-refractivity contribution in [2.24, 2.45) is 0 Å². The highest BCUT2D eigenvalue weighted by molar-refractivity contribution is 5.87. The molecular formula is C14H22O5. The summed E-state index contributed by atoms with van der Waals surface area (Å²) >= 11 is 0. The minimum atomic E-state index is -0.454. The van der Waals surface area contributed by atoms with Crippen molar-refractivity contribution in [3.63, 3.8) is 0 Å². The molecular weight excluding hydrogens is 248 g/mol. The van der Waals surface area contributed by atoms with Crippen LogP contribution in [-0.2, 0) is 23.7 Å². The molecule has 0 aromatic heterocycles. The Hall–Kier alpha value is -1.17. The van der Waals surface area contributed by atoms with Crippen molar-refractivity contribution in [3.05, 3.63) is 24.8 Å². The average Bonchev–Trinajstić information content (AvgIpc) is 2.91. The molecule has 1 atom stereocenters. The van der Waals surface area contributed by atoms with Crippen LogP contribution in [0.3, 0.4) is 0 Å². The van der Waals surface area contributed by atoms with Gasteiger partial charge in [-0.3, -0.25) is 0 Å². The van der Waals surface area contributed by atoms with Gasteiger partial charge < -0.3 is 18.9 Å². The summed E-state index contributed by atoms with van der Waals surface area (Å²) in [5, 5.41) is 0. The molecule has 108 valence electrons. The van der Waals surface area contributed by atoms with Gasteiger partial charge in [-0.25, -0.2) is 4.79 Å². The molecule has 5 heteroatoms. The SMILES string of the molecule is C=CCOCC(=C)C(=O)OCCOCC1CCCO1. The minimum Gasteiger partial charge on any atom is -0.460 e. The topological polar surface area (TPSA) is 54.0 Å². The Morgan fingerprint density at radius 1 is 1.37 bits per heavy atom. The van der Waals surface area contributed by atoms with Crippen molar-refractivity contribution in [3.8, 4) is 0 Å². The van der Waals surface area contributed by atoms with Gasteiger partial charge in [0.05, 0.1) is 38.1 Å². The van der Waals surface area contributed by atoms with Gasteiger partial charge in [0, 0.05) is 6.61 Å². The minimum absolute atomic E-state index is 0.154. The fourth-order valence-corrected chi connectivity index (χ4v) is 1.61. The Balaban J connectivity index is 1.96. The Morgan fingerprint density at radius 2 is 2.21 bits per heavy atom. The first-order chi connectivity index (χ1) is 9.24. The zero-order valence-corrected chi connectivity index (χ0v) is 11.3. The molecule has 1 aliphatic rings. The van der Waals surface area contributed by atoms with Gasteiger partial charge in [0.25, 0.3) is 0 Å². The van der Waals surface area contributed by atoms with E-state index in [4.69, 9.17) is 18.9 Å². The lowest BCUT2D eigenvalue weighted by molar-refractivity contribution is -0.141. The molecule has 0 aliphatic carbocycles. The molecule has 0 aromatic carbocycles. The van der Waals surface area contributed by atoms with E-state index < -0.39 is 5.97 Å². The van der Waals surface area contributed by atoms with Crippen LogP contribution in [-0.4, -0.2) is 51.7 Å². The second-order valence-corrected chi connectivity index (χ2v) is 4.25. The Labute approximate surface area is 114 Å². The Bertz CT molecular complexity index is 294. The largest absolute Gasteiger partial charge is 0.460 e. The number of carbonyl (C=O) groups is 1. The molecule has 19 heavy (non-hydrogen) atoms. The standard InChI is InChI=1S/C14H22O5/c1-3-6-16-10-12(2)14(15)19-9-8-17-11-13-5-4-7-18-13/h3,13H,1-2,4-11H2. The quantitative estimate of drug-likeness (QED) is 0.260. The van der Waals surface area contributed by atoms with E-state index >= 15 is 0 Å². The molecule has 1 rings (SSSR count). The first-order valence-electron chi connectivity index (χ1n) is 6.47. The van der Waals surface area contributed by atoms with Gasteiger partial charge in [0.15, 0.2) is 0 Å². The average molecular weight is 270 g/mol. The molecule has 1 aliphatic heterocycles. The normalized spacial score (nSPS) is 18.2. The highest BCUT2D eigenvalue weighted by Gasteiger charge is 2.15. The molecule has 1 unspecified atom stereocenters. The highest BCUT2D eigenvalue weighted by Crippen LogP contribution is 2.11. The van der Waals surface area contributed by atoms with Crippen molar-refractivity contribution in [2.45, 2.75) is 18.9 Å². The summed E-state index contributed by atoms with van der Waals surface area (Å²) in [6, 6.07) is 0. The van der Waals surface area contributed by atoms with Crippen LogP contribution in [0.5, 0.6) is 0 Å². The summed E-state index contributed by atoms with van der Waals surface area (Å²) in [5.41, 5.74) is 0.293. The molecule has 1 fully saturated rings. The van der Waals surface area contributed by atoms with Crippen molar-refractivity contribution in [1.82, 2.24) is 0 Å². The number of hydrogen-bond donors (Lipinski definition) is 0. The van der Waals surface area contributed by atoms with Crippen molar-refractivity contribution in [1.29, 1.82) is 0 Å². The van der Waals surface area contributed by atoms with Gasteiger partial charge in [0.1, 0.15) is 6.61 Å². The fraction of sp³-hybridized carbons (Fsp3) is 0.643. The van der Waals surface area contributed by atoms with Crippen molar-refractivity contribution in [2.75, 3.05) is 39.6 Å². The van der Waals surface area contributed by atoms with Crippen molar-refractivity contribution >= 4 is 5.97 Å². The van der Waals surface area contributed by atoms with Gasteiger partial charge in [0.2, 0.25) is 0 Å². The summed E-state index contributed by atoms with van der Waals surface area (Å²) in [6.07, 6.45) is 3.93. The van der Waals surface area contributed by atoms with Crippen LogP contribution >= 0.6 is 0 Å². The Kier molecular flexibility index (Phi) is 8.13. The summed E-state index contributed by atoms with van der Waals surface area (Å²) in [4.78, 5) is 11.4. The summed E-state index contributed by atoms with van der Waals surface area (Å²) in [6.45, 7) is 9.59. The van der Waals surface area contributed by atoms with E-state index in [-0.39, 0.29) is 19.3 Å². The van der Waals surface area contributed by atoms with Gasteiger partial charge in [-0.05, 0) is 12.8 Å². The summed E-state index contributed by atoms with van der Waals surface area (Å²) in [7, 11) is 0. The molecule has 0 amide bonds. The molecule has 0 radical (unpaired) electrons. The molecule has 0 N–H and O–H groups in total. The third-order valence-corrected chi connectivity index (χ3v) is 2.59. The van der Waals surface area contributed by atoms with E-state index in [2.05, 4.69) is 13.2 Å². The second kappa shape index (κ2) is 9.72. The van der Waals surface area contributed by atoms with Gasteiger partial charge in [-0.15, -0.1) is 6.58 Å². The molecule has 1 saturated heterocycles. The number of rotatable bonds is 10. The maximum Gasteiger partial charge on any atom is 0.335 e. The molecule has 0 spiro atoms. The molecule has 0 saturated carbocycles. The maximum absolute atomic E-state index is 11.4. The molecule has 0 bridgehead atoms. The number of ether oxygens (including phenoxy) is 4.